The average molecular weight is 319 g/mol. The van der Waals surface area contributed by atoms with Gasteiger partial charge in [-0.3, -0.25) is 4.40 Å². The Morgan fingerprint density at radius 1 is 1.14 bits per heavy atom. The highest BCUT2D eigenvalue weighted by molar-refractivity contribution is 6.35. The molecule has 0 aliphatic carbocycles. The van der Waals surface area contributed by atoms with Gasteiger partial charge in [0.1, 0.15) is 0 Å². The van der Waals surface area contributed by atoms with E-state index >= 15 is 0 Å². The van der Waals surface area contributed by atoms with Gasteiger partial charge >= 0.3 is 0 Å². The van der Waals surface area contributed by atoms with Crippen LogP contribution in [-0.2, 0) is 0 Å². The van der Waals surface area contributed by atoms with Gasteiger partial charge in [0.15, 0.2) is 11.5 Å². The molecule has 21 heavy (non-hydrogen) atoms. The molecule has 106 valence electrons. The third kappa shape index (κ3) is 2.73. The van der Waals surface area contributed by atoms with Crippen LogP contribution in [0.5, 0.6) is 0 Å². The van der Waals surface area contributed by atoms with Gasteiger partial charge < -0.3 is 5.73 Å². The maximum atomic E-state index is 6.14. The van der Waals surface area contributed by atoms with Crippen LogP contribution in [0.15, 0.2) is 30.5 Å². The summed E-state index contributed by atoms with van der Waals surface area (Å²) in [6.07, 6.45) is 5.65. The molecule has 1 aromatic carbocycles. The molecule has 0 spiro atoms. The van der Waals surface area contributed by atoms with Crippen LogP contribution in [0.1, 0.15) is 17.0 Å². The number of hydrogen-bond acceptors (Lipinski definition) is 3. The van der Waals surface area contributed by atoms with Gasteiger partial charge in [0.05, 0.1) is 5.69 Å². The van der Waals surface area contributed by atoms with Crippen molar-refractivity contribution < 1.29 is 0 Å². The molecule has 6 heteroatoms. The zero-order valence-corrected chi connectivity index (χ0v) is 12.7. The van der Waals surface area contributed by atoms with E-state index in [1.165, 1.54) is 0 Å². The molecule has 0 atom stereocenters. The third-order valence-corrected chi connectivity index (χ3v) is 3.63. The van der Waals surface area contributed by atoms with E-state index in [1.807, 2.05) is 41.8 Å². The summed E-state index contributed by atoms with van der Waals surface area (Å²) >= 11 is 12.0. The van der Waals surface area contributed by atoms with Gasteiger partial charge in [-0.2, -0.15) is 0 Å². The molecule has 2 aromatic heterocycles. The first-order valence-corrected chi connectivity index (χ1v) is 7.04. The summed E-state index contributed by atoms with van der Waals surface area (Å²) in [6.45, 7) is 1.97. The molecule has 0 bridgehead atoms. The number of nitrogen functional groups attached to an aromatic ring is 1. The van der Waals surface area contributed by atoms with E-state index in [9.17, 15) is 0 Å². The van der Waals surface area contributed by atoms with Gasteiger partial charge in [0.2, 0.25) is 0 Å². The van der Waals surface area contributed by atoms with Gasteiger partial charge in [-0.05, 0) is 48.4 Å². The first-order chi connectivity index (χ1) is 10.0. The summed E-state index contributed by atoms with van der Waals surface area (Å²) in [5.74, 6) is 0.686. The highest BCUT2D eigenvalue weighted by Crippen LogP contribution is 2.23. The number of aromatic nitrogens is 3. The van der Waals surface area contributed by atoms with Crippen molar-refractivity contribution in [2.75, 3.05) is 5.73 Å². The molecule has 0 amide bonds. The second-order valence-electron chi connectivity index (χ2n) is 4.72. The van der Waals surface area contributed by atoms with Crippen molar-refractivity contribution in [1.82, 2.24) is 14.6 Å². The van der Waals surface area contributed by atoms with E-state index in [1.54, 1.807) is 12.1 Å². The minimum absolute atomic E-state index is 0.586. The van der Waals surface area contributed by atoms with Crippen LogP contribution >= 0.6 is 23.2 Å². The number of nitrogens with zero attached hydrogens (tertiary/aromatic N) is 3. The number of fused-ring (bicyclic) bond motifs is 1. The molecule has 0 radical (unpaired) electrons. The van der Waals surface area contributed by atoms with Crippen molar-refractivity contribution in [3.05, 3.63) is 57.5 Å². The Bertz CT molecular complexity index is 852. The van der Waals surface area contributed by atoms with Crippen molar-refractivity contribution in [1.29, 1.82) is 0 Å². The predicted octanol–water partition coefficient (Wildman–Crippen LogP) is 4.10. The summed E-state index contributed by atoms with van der Waals surface area (Å²) < 4.78 is 1.85. The summed E-state index contributed by atoms with van der Waals surface area (Å²) in [4.78, 5) is 0. The van der Waals surface area contributed by atoms with Crippen molar-refractivity contribution in [3.63, 3.8) is 0 Å². The standard InChI is InChI=1S/C15H12Cl2N4/c1-9-6-13(18)15-20-19-14(21(15)8-9)5-3-10-2-4-11(16)7-12(10)17/h2-8H,18H2,1H3/b5-3+. The van der Waals surface area contributed by atoms with Crippen molar-refractivity contribution in [2.24, 2.45) is 0 Å². The molecule has 3 rings (SSSR count). The minimum Gasteiger partial charge on any atom is -0.396 e. The second kappa shape index (κ2) is 5.39. The fraction of sp³-hybridized carbons (Fsp3) is 0.0667. The number of nitrogens with two attached hydrogens (primary N) is 1. The van der Waals surface area contributed by atoms with Crippen LogP contribution in [0, 0.1) is 6.92 Å². The quantitative estimate of drug-likeness (QED) is 0.774. The van der Waals surface area contributed by atoms with E-state index < -0.39 is 0 Å². The number of rotatable bonds is 2. The molecular formula is C15H12Cl2N4. The Balaban J connectivity index is 2.03. The normalized spacial score (nSPS) is 11.6. The van der Waals surface area contributed by atoms with Crippen LogP contribution in [-0.4, -0.2) is 14.6 Å². The van der Waals surface area contributed by atoms with E-state index in [-0.39, 0.29) is 0 Å². The summed E-state index contributed by atoms with van der Waals surface area (Å²) in [5, 5.41) is 9.42. The Morgan fingerprint density at radius 3 is 2.71 bits per heavy atom. The summed E-state index contributed by atoms with van der Waals surface area (Å²) in [7, 11) is 0. The topological polar surface area (TPSA) is 56.2 Å². The molecule has 0 saturated heterocycles. The summed E-state index contributed by atoms with van der Waals surface area (Å²) in [5.41, 5.74) is 9.08. The van der Waals surface area contributed by atoms with Gasteiger partial charge in [0, 0.05) is 16.2 Å². The molecule has 2 N–H and O–H groups in total. The number of pyridine rings is 1. The largest absolute Gasteiger partial charge is 0.396 e. The zero-order chi connectivity index (χ0) is 15.0. The molecule has 4 nitrogen and oxygen atoms in total. The van der Waals surface area contributed by atoms with E-state index in [4.69, 9.17) is 28.9 Å². The lowest BCUT2D eigenvalue weighted by molar-refractivity contribution is 1.07. The van der Waals surface area contributed by atoms with Crippen molar-refractivity contribution in [3.8, 4) is 0 Å². The van der Waals surface area contributed by atoms with E-state index in [2.05, 4.69) is 10.2 Å². The average Bonchev–Trinajstić information content (AvgIpc) is 2.81. The number of halogens is 2. The first kappa shape index (κ1) is 13.9. The minimum atomic E-state index is 0.586. The smallest absolute Gasteiger partial charge is 0.184 e. The lowest BCUT2D eigenvalue weighted by Crippen LogP contribution is -1.95. The molecule has 0 fully saturated rings. The number of aryl methyl sites for hydroxylation is 1. The predicted molar refractivity (Wildman–Crippen MR) is 87.5 cm³/mol. The molecule has 3 aromatic rings. The molecule has 0 saturated carbocycles. The van der Waals surface area contributed by atoms with Crippen LogP contribution < -0.4 is 5.73 Å². The SMILES string of the molecule is Cc1cc(N)c2nnc(/C=C/c3ccc(Cl)cc3Cl)n2c1. The second-order valence-corrected chi connectivity index (χ2v) is 5.57. The molecule has 0 unspecified atom stereocenters. The van der Waals surface area contributed by atoms with E-state index in [0.29, 0.717) is 27.2 Å². The Labute approximate surface area is 131 Å². The third-order valence-electron chi connectivity index (χ3n) is 3.07. The molecule has 2 heterocycles. The maximum Gasteiger partial charge on any atom is 0.184 e. The lowest BCUT2D eigenvalue weighted by atomic mass is 10.2. The fourth-order valence-corrected chi connectivity index (χ4v) is 2.56. The molecule has 0 aliphatic rings. The van der Waals surface area contributed by atoms with E-state index in [0.717, 1.165) is 11.1 Å². The van der Waals surface area contributed by atoms with Crippen molar-refractivity contribution >= 4 is 46.7 Å². The number of benzene rings is 1. The van der Waals surface area contributed by atoms with Gasteiger partial charge in [0.25, 0.3) is 0 Å². The number of hydrogen-bond donors (Lipinski definition) is 1. The lowest BCUT2D eigenvalue weighted by Gasteiger charge is -2.01. The highest BCUT2D eigenvalue weighted by Gasteiger charge is 2.06. The van der Waals surface area contributed by atoms with Gasteiger partial charge in [-0.25, -0.2) is 0 Å². The maximum absolute atomic E-state index is 6.14. The molecule has 0 aliphatic heterocycles. The van der Waals surface area contributed by atoms with Crippen LogP contribution in [0.4, 0.5) is 5.69 Å². The number of anilines is 1. The highest BCUT2D eigenvalue weighted by atomic mass is 35.5. The summed E-state index contributed by atoms with van der Waals surface area (Å²) in [6, 6.07) is 7.21. The van der Waals surface area contributed by atoms with Crippen LogP contribution in [0.3, 0.4) is 0 Å². The monoisotopic (exact) mass is 318 g/mol. The fourth-order valence-electron chi connectivity index (χ4n) is 2.09. The Hall–Kier alpha value is -2.04. The van der Waals surface area contributed by atoms with Crippen LogP contribution in [0.25, 0.3) is 17.8 Å². The molecular weight excluding hydrogens is 307 g/mol. The Kier molecular flexibility index (Phi) is 3.57. The van der Waals surface area contributed by atoms with Gasteiger partial charge in [-0.15, -0.1) is 10.2 Å². The van der Waals surface area contributed by atoms with Crippen molar-refractivity contribution in [2.45, 2.75) is 6.92 Å². The zero-order valence-electron chi connectivity index (χ0n) is 11.2. The Morgan fingerprint density at radius 2 is 1.95 bits per heavy atom. The van der Waals surface area contributed by atoms with Gasteiger partial charge in [-0.1, -0.05) is 29.3 Å². The first-order valence-electron chi connectivity index (χ1n) is 6.28. The van der Waals surface area contributed by atoms with Crippen LogP contribution in [0.2, 0.25) is 10.0 Å².